The molecule has 1 aromatic heterocycles. The topological polar surface area (TPSA) is 101 Å². The number of rotatable bonds is 5. The number of benzene rings is 2. The second-order valence-electron chi connectivity index (χ2n) is 9.45. The summed E-state index contributed by atoms with van der Waals surface area (Å²) in [7, 11) is 3.23. The zero-order valence-corrected chi connectivity index (χ0v) is 22.4. The summed E-state index contributed by atoms with van der Waals surface area (Å²) in [5, 5.41) is 20.7. The molecule has 0 saturated carbocycles. The summed E-state index contributed by atoms with van der Waals surface area (Å²) in [6.45, 7) is -0.0318. The van der Waals surface area contributed by atoms with Gasteiger partial charge in [-0.1, -0.05) is 48.0 Å². The first-order valence-corrected chi connectivity index (χ1v) is 12.6. The minimum absolute atomic E-state index is 0.0999. The van der Waals surface area contributed by atoms with Gasteiger partial charge in [0.25, 0.3) is 17.4 Å². The van der Waals surface area contributed by atoms with Gasteiger partial charge in [-0.25, -0.2) is 4.98 Å². The highest BCUT2D eigenvalue weighted by Crippen LogP contribution is 2.41. The summed E-state index contributed by atoms with van der Waals surface area (Å²) in [5.74, 6) is -1.39. The van der Waals surface area contributed by atoms with Crippen molar-refractivity contribution >= 4 is 29.2 Å². The van der Waals surface area contributed by atoms with Gasteiger partial charge in [0.2, 0.25) is 0 Å². The smallest absolute Gasteiger partial charge is 0.369 e. The van der Waals surface area contributed by atoms with Crippen LogP contribution in [0.3, 0.4) is 0 Å². The second kappa shape index (κ2) is 11.2. The minimum atomic E-state index is -5.23. The van der Waals surface area contributed by atoms with Crippen molar-refractivity contribution in [2.75, 3.05) is 45.2 Å². The quantitative estimate of drug-likeness (QED) is 0.495. The van der Waals surface area contributed by atoms with E-state index in [2.05, 4.69) is 11.1 Å². The lowest BCUT2D eigenvalue weighted by Crippen LogP contribution is -2.59. The van der Waals surface area contributed by atoms with E-state index in [9.17, 15) is 33.1 Å². The predicted molar refractivity (Wildman–Crippen MR) is 143 cm³/mol. The van der Waals surface area contributed by atoms with Crippen LogP contribution in [0.1, 0.15) is 21.5 Å². The molecule has 0 spiro atoms. The van der Waals surface area contributed by atoms with Crippen LogP contribution in [0.5, 0.6) is 0 Å². The standard InChI is InChI=1S/C28H25ClF3N5O3/c1-35(2)25(38)22-9-8-18(15-23(22)29)20-14-19(16-33)24(34-17-20)36-10-12-37(13-11-36)26(39)27(40,28(30,31)32)21-6-4-3-5-7-21/h3-9,14-15,17,40H,10-13H2,1-2H3/t27-/m0/s1. The lowest BCUT2D eigenvalue weighted by molar-refractivity contribution is -0.262. The van der Waals surface area contributed by atoms with Crippen LogP contribution in [0, 0.1) is 11.3 Å². The Morgan fingerprint density at radius 3 is 2.23 bits per heavy atom. The van der Waals surface area contributed by atoms with Gasteiger partial charge in [-0.2, -0.15) is 18.4 Å². The number of nitrogens with zero attached hydrogens (tertiary/aromatic N) is 5. The Hall–Kier alpha value is -4.14. The third-order valence-corrected chi connectivity index (χ3v) is 7.02. The molecule has 0 radical (unpaired) electrons. The third-order valence-electron chi connectivity index (χ3n) is 6.70. The fourth-order valence-corrected chi connectivity index (χ4v) is 4.76. The van der Waals surface area contributed by atoms with Gasteiger partial charge in [0.15, 0.2) is 0 Å². The van der Waals surface area contributed by atoms with E-state index >= 15 is 0 Å². The highest BCUT2D eigenvalue weighted by molar-refractivity contribution is 6.34. The molecule has 40 heavy (non-hydrogen) atoms. The predicted octanol–water partition coefficient (Wildman–Crippen LogP) is 4.07. The van der Waals surface area contributed by atoms with Gasteiger partial charge < -0.3 is 19.8 Å². The highest BCUT2D eigenvalue weighted by Gasteiger charge is 2.62. The van der Waals surface area contributed by atoms with Crippen LogP contribution in [-0.2, 0) is 10.4 Å². The van der Waals surface area contributed by atoms with Crippen LogP contribution in [0.25, 0.3) is 11.1 Å². The van der Waals surface area contributed by atoms with Gasteiger partial charge in [0, 0.05) is 57.6 Å². The zero-order valence-electron chi connectivity index (χ0n) is 21.6. The largest absolute Gasteiger partial charge is 0.430 e. The molecule has 12 heteroatoms. The number of hydrogen-bond donors (Lipinski definition) is 1. The number of pyridine rings is 1. The van der Waals surface area contributed by atoms with Crippen molar-refractivity contribution in [3.8, 4) is 17.2 Å². The number of aliphatic hydroxyl groups is 1. The van der Waals surface area contributed by atoms with E-state index in [1.54, 1.807) is 43.3 Å². The summed E-state index contributed by atoms with van der Waals surface area (Å²) in [5.41, 5.74) is -2.47. The molecule has 1 atom stereocenters. The number of carbonyl (C=O) groups excluding carboxylic acids is 2. The molecule has 2 aromatic carbocycles. The van der Waals surface area contributed by atoms with Gasteiger partial charge in [-0.15, -0.1) is 0 Å². The molecule has 1 N–H and O–H groups in total. The average molecular weight is 572 g/mol. The molecule has 3 aromatic rings. The van der Waals surface area contributed by atoms with Gasteiger partial charge in [0.1, 0.15) is 11.9 Å². The van der Waals surface area contributed by atoms with Gasteiger partial charge >= 0.3 is 6.18 Å². The number of amides is 2. The first-order chi connectivity index (χ1) is 18.9. The molecule has 0 unspecified atom stereocenters. The molecule has 0 bridgehead atoms. The molecule has 2 amide bonds. The molecule has 2 heterocycles. The maximum absolute atomic E-state index is 14.0. The third kappa shape index (κ3) is 5.33. The number of halogens is 4. The summed E-state index contributed by atoms with van der Waals surface area (Å²) in [6, 6.07) is 14.9. The molecule has 1 aliphatic heterocycles. The van der Waals surface area contributed by atoms with E-state index in [0.717, 1.165) is 17.0 Å². The minimum Gasteiger partial charge on any atom is -0.369 e. The maximum atomic E-state index is 14.0. The Kier molecular flexibility index (Phi) is 8.05. The molecule has 8 nitrogen and oxygen atoms in total. The van der Waals surface area contributed by atoms with Crippen molar-refractivity contribution in [3.63, 3.8) is 0 Å². The Bertz CT molecular complexity index is 1470. The number of hydrogen-bond acceptors (Lipinski definition) is 6. The van der Waals surface area contributed by atoms with E-state index in [1.807, 2.05) is 0 Å². The summed E-state index contributed by atoms with van der Waals surface area (Å²) >= 11 is 6.32. The molecule has 1 fully saturated rings. The number of piperazine rings is 1. The van der Waals surface area contributed by atoms with Crippen LogP contribution in [0.2, 0.25) is 5.02 Å². The summed E-state index contributed by atoms with van der Waals surface area (Å²) < 4.78 is 41.9. The molecule has 4 rings (SSSR count). The summed E-state index contributed by atoms with van der Waals surface area (Å²) in [4.78, 5) is 33.8. The van der Waals surface area contributed by atoms with Crippen LogP contribution >= 0.6 is 11.6 Å². The van der Waals surface area contributed by atoms with Crippen molar-refractivity contribution in [1.82, 2.24) is 14.8 Å². The zero-order chi connectivity index (χ0) is 29.2. The molecule has 1 saturated heterocycles. The molecular formula is C28H25ClF3N5O3. The SMILES string of the molecule is CN(C)C(=O)c1ccc(-c2cnc(N3CCN(C(=O)[C@@](O)(c4ccccc4)C(F)(F)F)CC3)c(C#N)c2)cc1Cl. The molecule has 1 aliphatic rings. The summed E-state index contributed by atoms with van der Waals surface area (Å²) in [6.07, 6.45) is -3.70. The lowest BCUT2D eigenvalue weighted by atomic mass is 9.91. The average Bonchev–Trinajstić information content (AvgIpc) is 2.95. The van der Waals surface area contributed by atoms with Crippen molar-refractivity contribution in [3.05, 3.63) is 82.5 Å². The van der Waals surface area contributed by atoms with Gasteiger partial charge in [-0.3, -0.25) is 9.59 Å². The number of carbonyl (C=O) groups is 2. The van der Waals surface area contributed by atoms with Crippen molar-refractivity contribution in [2.24, 2.45) is 0 Å². The number of anilines is 1. The van der Waals surface area contributed by atoms with Gasteiger partial charge in [0.05, 0.1) is 16.1 Å². The van der Waals surface area contributed by atoms with E-state index in [1.165, 1.54) is 29.3 Å². The molecule has 0 aliphatic carbocycles. The van der Waals surface area contributed by atoms with Crippen LogP contribution in [0.4, 0.5) is 19.0 Å². The van der Waals surface area contributed by atoms with Crippen LogP contribution in [0.15, 0.2) is 60.8 Å². The second-order valence-corrected chi connectivity index (χ2v) is 9.86. The first-order valence-electron chi connectivity index (χ1n) is 12.2. The number of aromatic nitrogens is 1. The number of nitriles is 1. The normalized spacial score (nSPS) is 15.2. The Labute approximate surface area is 233 Å². The Morgan fingerprint density at radius 1 is 1.02 bits per heavy atom. The Morgan fingerprint density at radius 2 is 1.68 bits per heavy atom. The molecule has 208 valence electrons. The Balaban J connectivity index is 1.53. The number of alkyl halides is 3. The van der Waals surface area contributed by atoms with Gasteiger partial charge in [-0.05, 0) is 23.8 Å². The monoisotopic (exact) mass is 571 g/mol. The highest BCUT2D eigenvalue weighted by atomic mass is 35.5. The van der Waals surface area contributed by atoms with E-state index in [-0.39, 0.29) is 42.7 Å². The fraction of sp³-hybridized carbons (Fsp3) is 0.286. The van der Waals surface area contributed by atoms with Crippen molar-refractivity contribution < 1.29 is 27.9 Å². The van der Waals surface area contributed by atoms with Crippen molar-refractivity contribution in [2.45, 2.75) is 11.8 Å². The van der Waals surface area contributed by atoms with E-state index < -0.39 is 23.2 Å². The fourth-order valence-electron chi connectivity index (χ4n) is 4.50. The first kappa shape index (κ1) is 28.9. The lowest BCUT2D eigenvalue weighted by Gasteiger charge is -2.40. The van der Waals surface area contributed by atoms with Crippen LogP contribution in [-0.4, -0.2) is 78.2 Å². The molecular weight excluding hydrogens is 547 g/mol. The maximum Gasteiger partial charge on any atom is 0.430 e. The van der Waals surface area contributed by atoms with E-state index in [0.29, 0.717) is 22.5 Å². The van der Waals surface area contributed by atoms with Crippen LogP contribution < -0.4 is 4.90 Å². The van der Waals surface area contributed by atoms with Crippen molar-refractivity contribution in [1.29, 1.82) is 5.26 Å². The van der Waals surface area contributed by atoms with E-state index in [4.69, 9.17) is 11.6 Å².